The summed E-state index contributed by atoms with van der Waals surface area (Å²) < 4.78 is 0. The number of likely N-dealkylation sites (N-methyl/N-ethyl adjacent to an activating group) is 1. The van der Waals surface area contributed by atoms with Crippen LogP contribution in [-0.4, -0.2) is 54.1 Å². The van der Waals surface area contributed by atoms with Gasteiger partial charge in [0.25, 0.3) is 0 Å². The fraction of sp³-hybridized carbons (Fsp3) is 0.714. The van der Waals surface area contributed by atoms with Crippen LogP contribution >= 0.6 is 0 Å². The molecule has 3 aliphatic heterocycles. The number of hydrogen-bond donors (Lipinski definition) is 0. The van der Waals surface area contributed by atoms with Crippen LogP contribution < -0.4 is 4.90 Å². The van der Waals surface area contributed by atoms with Crippen molar-refractivity contribution in [1.82, 2.24) is 9.80 Å². The second-order valence-electron chi connectivity index (χ2n) is 9.04. The highest BCUT2D eigenvalue weighted by Crippen LogP contribution is 2.42. The molecule has 3 heteroatoms. The van der Waals surface area contributed by atoms with Crippen LogP contribution in [0.5, 0.6) is 0 Å². The molecule has 0 spiro atoms. The normalized spacial score (nSPS) is 31.8. The fourth-order valence-corrected chi connectivity index (χ4v) is 5.26. The van der Waals surface area contributed by atoms with Gasteiger partial charge >= 0.3 is 0 Å². The predicted molar refractivity (Wildman–Crippen MR) is 102 cm³/mol. The first-order chi connectivity index (χ1) is 11.4. The van der Waals surface area contributed by atoms with Crippen LogP contribution in [-0.2, 0) is 0 Å². The van der Waals surface area contributed by atoms with Crippen LogP contribution in [0.15, 0.2) is 24.3 Å². The largest absolute Gasteiger partial charge is 0.368 e. The van der Waals surface area contributed by atoms with E-state index in [4.69, 9.17) is 0 Å². The molecule has 0 amide bonds. The van der Waals surface area contributed by atoms with Crippen LogP contribution in [0.2, 0.25) is 0 Å². The summed E-state index contributed by atoms with van der Waals surface area (Å²) in [5.74, 6) is 0. The van der Waals surface area contributed by atoms with E-state index >= 15 is 0 Å². The molecule has 3 fully saturated rings. The van der Waals surface area contributed by atoms with E-state index in [-0.39, 0.29) is 5.54 Å². The first-order valence-corrected chi connectivity index (χ1v) is 9.77. The van der Waals surface area contributed by atoms with Crippen LogP contribution in [0, 0.1) is 0 Å². The van der Waals surface area contributed by atoms with Gasteiger partial charge in [-0.25, -0.2) is 0 Å². The van der Waals surface area contributed by atoms with Crippen molar-refractivity contribution in [3.8, 4) is 0 Å². The van der Waals surface area contributed by atoms with Crippen molar-refractivity contribution < 1.29 is 0 Å². The van der Waals surface area contributed by atoms with Gasteiger partial charge in [0.05, 0.1) is 0 Å². The number of benzene rings is 1. The summed E-state index contributed by atoms with van der Waals surface area (Å²) in [4.78, 5) is 8.03. The number of piperazine rings is 1. The quantitative estimate of drug-likeness (QED) is 0.815. The lowest BCUT2D eigenvalue weighted by Gasteiger charge is -2.43. The molecule has 3 unspecified atom stereocenters. The van der Waals surface area contributed by atoms with Crippen molar-refractivity contribution in [2.45, 2.75) is 70.1 Å². The highest BCUT2D eigenvalue weighted by molar-refractivity contribution is 5.56. The third-order valence-electron chi connectivity index (χ3n) is 6.60. The summed E-state index contributed by atoms with van der Waals surface area (Å²) in [6.45, 7) is 10.7. The average Bonchev–Trinajstić information content (AvgIpc) is 3.09. The minimum Gasteiger partial charge on any atom is -0.368 e. The third-order valence-corrected chi connectivity index (χ3v) is 6.60. The molecule has 3 heterocycles. The van der Waals surface area contributed by atoms with Crippen molar-refractivity contribution in [2.75, 3.05) is 31.6 Å². The molecule has 0 saturated carbocycles. The third kappa shape index (κ3) is 2.76. The van der Waals surface area contributed by atoms with Gasteiger partial charge in [0.2, 0.25) is 0 Å². The van der Waals surface area contributed by atoms with E-state index in [0.29, 0.717) is 6.04 Å². The van der Waals surface area contributed by atoms with E-state index in [1.165, 1.54) is 51.0 Å². The Labute approximate surface area is 147 Å². The Morgan fingerprint density at radius 2 is 1.62 bits per heavy atom. The molecule has 0 aliphatic carbocycles. The number of nitrogens with zero attached hydrogens (tertiary/aromatic N) is 3. The number of rotatable bonds is 2. The molecule has 0 N–H and O–H groups in total. The maximum atomic E-state index is 2.72. The molecule has 0 radical (unpaired) electrons. The Kier molecular flexibility index (Phi) is 4.12. The Bertz CT molecular complexity index is 577. The first kappa shape index (κ1) is 16.4. The zero-order chi connectivity index (χ0) is 16.9. The molecule has 3 saturated heterocycles. The highest BCUT2D eigenvalue weighted by atomic mass is 15.3. The van der Waals surface area contributed by atoms with Crippen LogP contribution in [0.4, 0.5) is 5.69 Å². The van der Waals surface area contributed by atoms with Gasteiger partial charge in [-0.05, 0) is 71.7 Å². The van der Waals surface area contributed by atoms with Crippen molar-refractivity contribution in [3.63, 3.8) is 0 Å². The molecular weight excluding hydrogens is 294 g/mol. The van der Waals surface area contributed by atoms with E-state index in [1.54, 1.807) is 5.56 Å². The zero-order valence-electron chi connectivity index (χ0n) is 15.8. The number of para-hydroxylation sites is 1. The minimum absolute atomic E-state index is 0.245. The molecular formula is C21H33N3. The summed E-state index contributed by atoms with van der Waals surface area (Å²) >= 11 is 0. The Morgan fingerprint density at radius 1 is 0.958 bits per heavy atom. The van der Waals surface area contributed by atoms with Crippen LogP contribution in [0.3, 0.4) is 0 Å². The Hall–Kier alpha value is -1.06. The van der Waals surface area contributed by atoms with Gasteiger partial charge in [0, 0.05) is 42.4 Å². The molecule has 24 heavy (non-hydrogen) atoms. The lowest BCUT2D eigenvalue weighted by molar-refractivity contribution is 0.121. The Morgan fingerprint density at radius 3 is 2.29 bits per heavy atom. The molecule has 1 aromatic rings. The molecule has 132 valence electrons. The van der Waals surface area contributed by atoms with Crippen LogP contribution in [0.1, 0.15) is 58.1 Å². The maximum absolute atomic E-state index is 2.72. The molecule has 4 rings (SSSR count). The van der Waals surface area contributed by atoms with Crippen molar-refractivity contribution in [3.05, 3.63) is 29.8 Å². The summed E-state index contributed by atoms with van der Waals surface area (Å²) in [6, 6.07) is 11.3. The summed E-state index contributed by atoms with van der Waals surface area (Å²) in [6.07, 6.45) is 5.37. The lowest BCUT2D eigenvalue weighted by atomic mass is 9.97. The van der Waals surface area contributed by atoms with Gasteiger partial charge in [-0.1, -0.05) is 18.2 Å². The van der Waals surface area contributed by atoms with Gasteiger partial charge in [0.1, 0.15) is 0 Å². The van der Waals surface area contributed by atoms with E-state index in [9.17, 15) is 0 Å². The number of anilines is 1. The number of likely N-dealkylation sites (tertiary alicyclic amines) is 1. The van der Waals surface area contributed by atoms with Crippen molar-refractivity contribution in [2.24, 2.45) is 0 Å². The van der Waals surface area contributed by atoms with Crippen molar-refractivity contribution in [1.29, 1.82) is 0 Å². The fourth-order valence-electron chi connectivity index (χ4n) is 5.26. The summed E-state index contributed by atoms with van der Waals surface area (Å²) in [7, 11) is 2.32. The lowest BCUT2D eigenvalue weighted by Crippen LogP contribution is -2.52. The van der Waals surface area contributed by atoms with Gasteiger partial charge in [0.15, 0.2) is 0 Å². The molecule has 3 nitrogen and oxygen atoms in total. The maximum Gasteiger partial charge on any atom is 0.0415 e. The monoisotopic (exact) mass is 327 g/mol. The van der Waals surface area contributed by atoms with E-state index in [1.807, 2.05) is 0 Å². The average molecular weight is 328 g/mol. The number of fused-ring (bicyclic) bond motifs is 2. The Balaban J connectivity index is 1.64. The molecule has 3 aliphatic rings. The van der Waals surface area contributed by atoms with Gasteiger partial charge in [-0.2, -0.15) is 0 Å². The second-order valence-corrected chi connectivity index (χ2v) is 9.04. The smallest absolute Gasteiger partial charge is 0.0415 e. The SMILES string of the molecule is CN1C2CCC1CN(c1ccccc1C1CCCN1C(C)(C)C)C2. The zero-order valence-corrected chi connectivity index (χ0v) is 15.8. The standard InChI is InChI=1S/C21H33N3/c1-21(2,3)24-13-7-10-20(24)18-8-5-6-9-19(18)23-14-16-11-12-17(15-23)22(16)4/h5-6,8-9,16-17,20H,7,10-15H2,1-4H3. The second kappa shape index (κ2) is 6.03. The topological polar surface area (TPSA) is 9.72 Å². The first-order valence-electron chi connectivity index (χ1n) is 9.77. The van der Waals surface area contributed by atoms with Crippen molar-refractivity contribution >= 4 is 5.69 Å². The van der Waals surface area contributed by atoms with Gasteiger partial charge < -0.3 is 4.90 Å². The van der Waals surface area contributed by atoms with E-state index in [0.717, 1.165) is 12.1 Å². The predicted octanol–water partition coefficient (Wildman–Crippen LogP) is 3.90. The summed E-state index contributed by atoms with van der Waals surface area (Å²) in [5, 5.41) is 0. The summed E-state index contributed by atoms with van der Waals surface area (Å²) in [5.41, 5.74) is 3.31. The molecule has 0 aromatic heterocycles. The molecule has 2 bridgehead atoms. The highest BCUT2D eigenvalue weighted by Gasteiger charge is 2.40. The van der Waals surface area contributed by atoms with Crippen LogP contribution in [0.25, 0.3) is 0 Å². The minimum atomic E-state index is 0.245. The number of hydrogen-bond acceptors (Lipinski definition) is 3. The van der Waals surface area contributed by atoms with Gasteiger partial charge in [-0.15, -0.1) is 0 Å². The van der Waals surface area contributed by atoms with E-state index < -0.39 is 0 Å². The molecule has 1 aromatic carbocycles. The van der Waals surface area contributed by atoms with Gasteiger partial charge in [-0.3, -0.25) is 9.80 Å². The van der Waals surface area contributed by atoms with E-state index in [2.05, 4.69) is 66.8 Å². The molecule has 3 atom stereocenters.